The van der Waals surface area contributed by atoms with Gasteiger partial charge >= 0.3 is 0 Å². The smallest absolute Gasteiger partial charge is 0.243 e. The van der Waals surface area contributed by atoms with Crippen molar-refractivity contribution in [2.45, 2.75) is 63.6 Å². The van der Waals surface area contributed by atoms with Gasteiger partial charge in [-0.1, -0.05) is 78.5 Å². The minimum absolute atomic E-state index is 0.0271. The van der Waals surface area contributed by atoms with Crippen LogP contribution in [0.4, 0.5) is 5.69 Å². The van der Waals surface area contributed by atoms with Gasteiger partial charge in [0.1, 0.15) is 11.8 Å². The van der Waals surface area contributed by atoms with Gasteiger partial charge in [-0.3, -0.25) is 13.9 Å². The van der Waals surface area contributed by atoms with Gasteiger partial charge in [0.25, 0.3) is 0 Å². The van der Waals surface area contributed by atoms with E-state index in [9.17, 15) is 18.0 Å². The van der Waals surface area contributed by atoms with Crippen molar-refractivity contribution < 1.29 is 22.7 Å². The lowest BCUT2D eigenvalue weighted by Gasteiger charge is -2.33. The number of sulfonamides is 1. The summed E-state index contributed by atoms with van der Waals surface area (Å²) in [6, 6.07) is 20.8. The lowest BCUT2D eigenvalue weighted by molar-refractivity contribution is -0.141. The summed E-state index contributed by atoms with van der Waals surface area (Å²) in [5.41, 5.74) is 2.10. The van der Waals surface area contributed by atoms with Crippen LogP contribution in [0.5, 0.6) is 5.75 Å². The highest BCUT2D eigenvalue weighted by Crippen LogP contribution is 2.26. The maximum Gasteiger partial charge on any atom is 0.243 e. The first-order valence-electron chi connectivity index (χ1n) is 14.7. The Kier molecular flexibility index (Phi) is 11.9. The Bertz CT molecular complexity index is 1530. The van der Waals surface area contributed by atoms with Gasteiger partial charge in [-0.25, -0.2) is 8.42 Å². The van der Waals surface area contributed by atoms with Crippen LogP contribution in [0, 0.1) is 0 Å². The number of anilines is 1. The van der Waals surface area contributed by atoms with Gasteiger partial charge in [-0.15, -0.1) is 0 Å². The molecule has 3 aromatic carbocycles. The summed E-state index contributed by atoms with van der Waals surface area (Å²) >= 11 is 12.5. The predicted molar refractivity (Wildman–Crippen MR) is 176 cm³/mol. The molecule has 0 spiro atoms. The molecule has 1 saturated carbocycles. The fourth-order valence-electron chi connectivity index (χ4n) is 5.53. The van der Waals surface area contributed by atoms with Crippen molar-refractivity contribution in [1.82, 2.24) is 10.2 Å². The molecule has 11 heteroatoms. The lowest BCUT2D eigenvalue weighted by atomic mass is 10.0. The van der Waals surface area contributed by atoms with Crippen LogP contribution in [0.2, 0.25) is 10.0 Å². The van der Waals surface area contributed by atoms with E-state index >= 15 is 0 Å². The number of hydrogen-bond acceptors (Lipinski definition) is 5. The second-order valence-electron chi connectivity index (χ2n) is 11.1. The largest absolute Gasteiger partial charge is 0.497 e. The van der Waals surface area contributed by atoms with E-state index in [-0.39, 0.29) is 43.8 Å². The van der Waals surface area contributed by atoms with Crippen LogP contribution in [0.3, 0.4) is 0 Å². The average Bonchev–Trinajstić information content (AvgIpc) is 3.51. The Balaban J connectivity index is 1.60. The highest BCUT2D eigenvalue weighted by Gasteiger charge is 2.32. The average molecular weight is 661 g/mol. The standard InChI is InChI=1S/C33H39Cl2N3O5S/c1-43-28-15-8-14-27(22-28)38(44(2,41)42)19-9-16-32(39)37(23-25-17-18-29(34)30(35)20-25)31(21-24-10-4-3-5-11-24)33(40)36-26-12-6-7-13-26/h3-5,8,10-11,14-15,17-18,20,22,26,31H,6-7,9,12-13,16,19,21,23H2,1-2H3,(H,36,40)/t31-/m0/s1. The Morgan fingerprint density at radius 3 is 2.34 bits per heavy atom. The molecule has 0 saturated heterocycles. The number of halogens is 2. The molecule has 2 amide bonds. The molecule has 8 nitrogen and oxygen atoms in total. The molecule has 0 unspecified atom stereocenters. The number of rotatable bonds is 14. The summed E-state index contributed by atoms with van der Waals surface area (Å²) in [5, 5.41) is 3.94. The number of carbonyl (C=O) groups is 2. The summed E-state index contributed by atoms with van der Waals surface area (Å²) < 4.78 is 32.0. The number of ether oxygens (including phenoxy) is 1. The minimum atomic E-state index is -3.64. The monoisotopic (exact) mass is 659 g/mol. The number of nitrogens with zero attached hydrogens (tertiary/aromatic N) is 2. The van der Waals surface area contributed by atoms with Crippen molar-refractivity contribution in [3.05, 3.63) is 94.0 Å². The molecule has 236 valence electrons. The van der Waals surface area contributed by atoms with E-state index < -0.39 is 16.1 Å². The molecule has 4 rings (SSSR count). The first-order valence-corrected chi connectivity index (χ1v) is 17.3. The lowest BCUT2D eigenvalue weighted by Crippen LogP contribution is -2.52. The number of carbonyl (C=O) groups excluding carboxylic acids is 2. The van der Waals surface area contributed by atoms with Crippen LogP contribution in [0.25, 0.3) is 0 Å². The molecule has 1 aliphatic carbocycles. The van der Waals surface area contributed by atoms with Gasteiger partial charge in [-0.2, -0.15) is 0 Å². The zero-order chi connectivity index (χ0) is 31.7. The Morgan fingerprint density at radius 2 is 1.68 bits per heavy atom. The van der Waals surface area contributed by atoms with Crippen molar-refractivity contribution in [3.63, 3.8) is 0 Å². The molecule has 0 heterocycles. The highest BCUT2D eigenvalue weighted by atomic mass is 35.5. The summed E-state index contributed by atoms with van der Waals surface area (Å²) in [6.45, 7) is 0.215. The van der Waals surface area contributed by atoms with Gasteiger partial charge in [0.15, 0.2) is 0 Å². The summed E-state index contributed by atoms with van der Waals surface area (Å²) in [5.74, 6) is 0.0537. The molecule has 0 radical (unpaired) electrons. The maximum atomic E-state index is 14.0. The second-order valence-corrected chi connectivity index (χ2v) is 13.8. The zero-order valence-electron chi connectivity index (χ0n) is 25.0. The van der Waals surface area contributed by atoms with Crippen molar-refractivity contribution in [2.24, 2.45) is 0 Å². The summed E-state index contributed by atoms with van der Waals surface area (Å²) in [7, 11) is -2.13. The number of hydrogen-bond donors (Lipinski definition) is 1. The van der Waals surface area contributed by atoms with Crippen LogP contribution >= 0.6 is 23.2 Å². The molecule has 0 aromatic heterocycles. The fourth-order valence-corrected chi connectivity index (χ4v) is 6.80. The number of nitrogens with one attached hydrogen (secondary N) is 1. The Morgan fingerprint density at radius 1 is 0.955 bits per heavy atom. The topological polar surface area (TPSA) is 96.0 Å². The van der Waals surface area contributed by atoms with E-state index in [1.807, 2.05) is 30.3 Å². The summed E-state index contributed by atoms with van der Waals surface area (Å²) in [4.78, 5) is 29.5. The molecular formula is C33H39Cl2N3O5S. The van der Waals surface area contributed by atoms with Crippen LogP contribution in [-0.2, 0) is 32.6 Å². The zero-order valence-corrected chi connectivity index (χ0v) is 27.4. The van der Waals surface area contributed by atoms with E-state index in [4.69, 9.17) is 27.9 Å². The molecule has 3 aromatic rings. The first kappa shape index (κ1) is 33.6. The second kappa shape index (κ2) is 15.6. The minimum Gasteiger partial charge on any atom is -0.497 e. The third-order valence-corrected chi connectivity index (χ3v) is 9.74. The van der Waals surface area contributed by atoms with Gasteiger partial charge in [-0.05, 0) is 54.7 Å². The third kappa shape index (κ3) is 9.36. The first-order chi connectivity index (χ1) is 21.0. The van der Waals surface area contributed by atoms with Crippen molar-refractivity contribution in [3.8, 4) is 5.75 Å². The SMILES string of the molecule is COc1cccc(N(CCCC(=O)N(Cc2ccc(Cl)c(Cl)c2)[C@@H](Cc2ccccc2)C(=O)NC2CCCC2)S(C)(=O)=O)c1. The number of amides is 2. The van der Waals surface area contributed by atoms with Crippen molar-refractivity contribution in [1.29, 1.82) is 0 Å². The maximum absolute atomic E-state index is 14.0. The van der Waals surface area contributed by atoms with Crippen molar-refractivity contribution >= 4 is 50.7 Å². The van der Waals surface area contributed by atoms with Gasteiger partial charge < -0.3 is 15.0 Å². The van der Waals surface area contributed by atoms with E-state index in [0.717, 1.165) is 43.1 Å². The molecule has 1 aliphatic rings. The molecule has 0 bridgehead atoms. The molecular weight excluding hydrogens is 621 g/mol. The van der Waals surface area contributed by atoms with Gasteiger partial charge in [0.2, 0.25) is 21.8 Å². The quantitative estimate of drug-likeness (QED) is 0.221. The van der Waals surface area contributed by atoms with Crippen LogP contribution < -0.4 is 14.4 Å². The van der Waals surface area contributed by atoms with Gasteiger partial charge in [0, 0.05) is 38.0 Å². The van der Waals surface area contributed by atoms with E-state index in [1.54, 1.807) is 47.4 Å². The molecule has 1 fully saturated rings. The molecule has 0 aliphatic heterocycles. The van der Waals surface area contributed by atoms with E-state index in [1.165, 1.54) is 11.4 Å². The van der Waals surface area contributed by atoms with Crippen LogP contribution in [-0.4, -0.2) is 57.1 Å². The fraction of sp³-hybridized carbons (Fsp3) is 0.394. The van der Waals surface area contributed by atoms with Crippen LogP contribution in [0.1, 0.15) is 49.7 Å². The van der Waals surface area contributed by atoms with Crippen LogP contribution in [0.15, 0.2) is 72.8 Å². The molecule has 1 N–H and O–H groups in total. The molecule has 1 atom stereocenters. The van der Waals surface area contributed by atoms with E-state index in [2.05, 4.69) is 5.32 Å². The van der Waals surface area contributed by atoms with E-state index in [0.29, 0.717) is 27.9 Å². The van der Waals surface area contributed by atoms with Crippen molar-refractivity contribution in [2.75, 3.05) is 24.2 Å². The number of methoxy groups -OCH3 is 1. The van der Waals surface area contributed by atoms with Gasteiger partial charge in [0.05, 0.1) is 29.1 Å². The summed E-state index contributed by atoms with van der Waals surface area (Å²) in [6.07, 6.45) is 5.67. The normalized spacial score (nSPS) is 14.2. The highest BCUT2D eigenvalue weighted by molar-refractivity contribution is 7.92. The Hall–Kier alpha value is -3.27. The number of benzene rings is 3. The predicted octanol–water partition coefficient (Wildman–Crippen LogP) is 6.25. The molecule has 44 heavy (non-hydrogen) atoms. The third-order valence-electron chi connectivity index (χ3n) is 7.80. The Labute approximate surface area is 270 Å².